The lowest BCUT2D eigenvalue weighted by molar-refractivity contribution is -0.143. The summed E-state index contributed by atoms with van der Waals surface area (Å²) in [6.07, 6.45) is 3.71. The van der Waals surface area contributed by atoms with Gasteiger partial charge in [0.15, 0.2) is 0 Å². The average Bonchev–Trinajstić information content (AvgIpc) is 3.03. The van der Waals surface area contributed by atoms with Gasteiger partial charge in [0, 0.05) is 0 Å². The molecule has 1 heterocycles. The minimum Gasteiger partial charge on any atom is -0.450 e. The number of rotatable bonds is 3. The standard InChI is InChI=1S/C14H18N2O4/c1-3-20-14(19)15-7(2)16-12(17)10-8-4-5-9(6-8)11(10)13(16)18/h4-5,7-11H,3,6H2,1-2H3,(H,15,19). The van der Waals surface area contributed by atoms with Crippen molar-refractivity contribution in [3.05, 3.63) is 12.2 Å². The molecule has 1 aliphatic heterocycles. The number of hydrogen-bond acceptors (Lipinski definition) is 4. The van der Waals surface area contributed by atoms with Crippen molar-refractivity contribution in [2.45, 2.75) is 26.4 Å². The zero-order chi connectivity index (χ0) is 14.4. The molecule has 1 saturated heterocycles. The summed E-state index contributed by atoms with van der Waals surface area (Å²) in [5, 5.41) is 2.53. The second-order valence-corrected chi connectivity index (χ2v) is 5.59. The fourth-order valence-electron chi connectivity index (χ4n) is 3.71. The highest BCUT2D eigenvalue weighted by Crippen LogP contribution is 2.52. The summed E-state index contributed by atoms with van der Waals surface area (Å²) in [5.41, 5.74) is 0. The minimum atomic E-state index is -0.668. The predicted molar refractivity (Wildman–Crippen MR) is 69.2 cm³/mol. The molecule has 5 atom stereocenters. The van der Waals surface area contributed by atoms with Gasteiger partial charge in [-0.2, -0.15) is 0 Å². The number of ether oxygens (including phenoxy) is 1. The Morgan fingerprint density at radius 1 is 1.35 bits per heavy atom. The quantitative estimate of drug-likeness (QED) is 0.614. The van der Waals surface area contributed by atoms with Crippen LogP contribution in [0, 0.1) is 23.7 Å². The number of amides is 3. The number of likely N-dealkylation sites (tertiary alicyclic amines) is 1. The maximum atomic E-state index is 12.4. The van der Waals surface area contributed by atoms with Gasteiger partial charge in [0.1, 0.15) is 6.17 Å². The van der Waals surface area contributed by atoms with E-state index in [9.17, 15) is 14.4 Å². The predicted octanol–water partition coefficient (Wildman–Crippen LogP) is 0.886. The maximum absolute atomic E-state index is 12.4. The molecule has 2 aliphatic carbocycles. The number of nitrogens with one attached hydrogen (secondary N) is 1. The molecule has 3 amide bonds. The summed E-state index contributed by atoms with van der Waals surface area (Å²) < 4.78 is 4.78. The van der Waals surface area contributed by atoms with Crippen molar-refractivity contribution in [2.24, 2.45) is 23.7 Å². The lowest BCUT2D eigenvalue weighted by Crippen LogP contribution is -2.50. The number of nitrogens with zero attached hydrogens (tertiary/aromatic N) is 1. The average molecular weight is 278 g/mol. The van der Waals surface area contributed by atoms with E-state index in [1.54, 1.807) is 13.8 Å². The largest absolute Gasteiger partial charge is 0.450 e. The third-order valence-electron chi connectivity index (χ3n) is 4.49. The number of alkyl carbamates (subject to hydrolysis) is 1. The first-order chi connectivity index (χ1) is 9.54. The third kappa shape index (κ3) is 1.74. The van der Waals surface area contributed by atoms with Gasteiger partial charge in [0.25, 0.3) is 0 Å². The normalized spacial score (nSPS) is 35.4. The summed E-state index contributed by atoms with van der Waals surface area (Å²) in [6, 6.07) is 0. The van der Waals surface area contributed by atoms with Crippen LogP contribution in [-0.4, -0.2) is 35.6 Å². The van der Waals surface area contributed by atoms with E-state index in [1.165, 1.54) is 4.90 Å². The van der Waals surface area contributed by atoms with E-state index in [0.29, 0.717) is 0 Å². The van der Waals surface area contributed by atoms with Crippen LogP contribution >= 0.6 is 0 Å². The molecule has 0 aromatic carbocycles. The first-order valence-electron chi connectivity index (χ1n) is 7.03. The zero-order valence-corrected chi connectivity index (χ0v) is 11.5. The summed E-state index contributed by atoms with van der Waals surface area (Å²) in [6.45, 7) is 3.58. The highest BCUT2D eigenvalue weighted by molar-refractivity contribution is 6.06. The van der Waals surface area contributed by atoms with Gasteiger partial charge < -0.3 is 10.1 Å². The minimum absolute atomic E-state index is 0.166. The summed E-state index contributed by atoms with van der Waals surface area (Å²) in [7, 11) is 0. The van der Waals surface area contributed by atoms with Crippen LogP contribution in [0.15, 0.2) is 12.2 Å². The molecule has 108 valence electrons. The second kappa shape index (κ2) is 4.61. The van der Waals surface area contributed by atoms with Crippen LogP contribution in [0.3, 0.4) is 0 Å². The van der Waals surface area contributed by atoms with Crippen LogP contribution in [-0.2, 0) is 14.3 Å². The third-order valence-corrected chi connectivity index (χ3v) is 4.49. The van der Waals surface area contributed by atoms with Gasteiger partial charge >= 0.3 is 6.09 Å². The molecule has 0 spiro atoms. The van der Waals surface area contributed by atoms with Crippen LogP contribution in [0.4, 0.5) is 4.79 Å². The van der Waals surface area contributed by atoms with Gasteiger partial charge in [0.05, 0.1) is 18.4 Å². The summed E-state index contributed by atoms with van der Waals surface area (Å²) in [5.74, 6) is -0.433. The van der Waals surface area contributed by atoms with E-state index in [0.717, 1.165) is 6.42 Å². The van der Waals surface area contributed by atoms with Gasteiger partial charge in [-0.3, -0.25) is 14.5 Å². The van der Waals surface area contributed by atoms with E-state index < -0.39 is 12.3 Å². The summed E-state index contributed by atoms with van der Waals surface area (Å²) in [4.78, 5) is 37.5. The van der Waals surface area contributed by atoms with Crippen molar-refractivity contribution in [1.82, 2.24) is 10.2 Å². The first kappa shape index (κ1) is 13.1. The number of fused-ring (bicyclic) bond motifs is 5. The molecule has 0 aromatic heterocycles. The number of carbonyl (C=O) groups is 3. The molecule has 0 aromatic rings. The molecule has 3 rings (SSSR count). The lowest BCUT2D eigenvalue weighted by Gasteiger charge is -2.24. The molecular weight excluding hydrogens is 260 g/mol. The molecule has 6 heteroatoms. The van der Waals surface area contributed by atoms with Gasteiger partial charge in [-0.25, -0.2) is 4.79 Å². The lowest BCUT2D eigenvalue weighted by atomic mass is 9.85. The number of hydrogen-bond donors (Lipinski definition) is 1. The topological polar surface area (TPSA) is 75.7 Å². The van der Waals surface area contributed by atoms with Crippen molar-refractivity contribution >= 4 is 17.9 Å². The van der Waals surface area contributed by atoms with Crippen molar-refractivity contribution in [2.75, 3.05) is 6.61 Å². The molecule has 20 heavy (non-hydrogen) atoms. The van der Waals surface area contributed by atoms with E-state index in [4.69, 9.17) is 4.74 Å². The van der Waals surface area contributed by atoms with Crippen molar-refractivity contribution < 1.29 is 19.1 Å². The number of allylic oxidation sites excluding steroid dienone is 2. The molecule has 2 bridgehead atoms. The Bertz CT molecular complexity index is 471. The Kier molecular flexibility index (Phi) is 3.03. The second-order valence-electron chi connectivity index (χ2n) is 5.59. The van der Waals surface area contributed by atoms with Crippen molar-refractivity contribution in [3.8, 4) is 0 Å². The fraction of sp³-hybridized carbons (Fsp3) is 0.643. The molecule has 0 radical (unpaired) electrons. The van der Waals surface area contributed by atoms with E-state index >= 15 is 0 Å². The van der Waals surface area contributed by atoms with Crippen LogP contribution < -0.4 is 5.32 Å². The van der Waals surface area contributed by atoms with Gasteiger partial charge in [-0.05, 0) is 32.1 Å². The molecular formula is C14H18N2O4. The molecule has 1 N–H and O–H groups in total. The highest BCUT2D eigenvalue weighted by Gasteiger charge is 2.60. The Morgan fingerprint density at radius 2 is 1.90 bits per heavy atom. The van der Waals surface area contributed by atoms with Gasteiger partial charge in [-0.15, -0.1) is 0 Å². The summed E-state index contributed by atoms with van der Waals surface area (Å²) >= 11 is 0. The molecule has 2 fully saturated rings. The Balaban J connectivity index is 1.74. The zero-order valence-electron chi connectivity index (χ0n) is 11.5. The number of imide groups is 1. The Labute approximate surface area is 117 Å². The van der Waals surface area contributed by atoms with Crippen LogP contribution in [0.5, 0.6) is 0 Å². The van der Waals surface area contributed by atoms with Crippen molar-refractivity contribution in [3.63, 3.8) is 0 Å². The van der Waals surface area contributed by atoms with Crippen LogP contribution in [0.2, 0.25) is 0 Å². The van der Waals surface area contributed by atoms with Gasteiger partial charge in [-0.1, -0.05) is 12.2 Å². The smallest absolute Gasteiger partial charge is 0.408 e. The monoisotopic (exact) mass is 278 g/mol. The molecule has 1 saturated carbocycles. The first-order valence-corrected chi connectivity index (χ1v) is 7.03. The van der Waals surface area contributed by atoms with E-state index in [1.807, 2.05) is 12.2 Å². The van der Waals surface area contributed by atoms with E-state index in [2.05, 4.69) is 5.32 Å². The van der Waals surface area contributed by atoms with Crippen LogP contribution in [0.25, 0.3) is 0 Å². The maximum Gasteiger partial charge on any atom is 0.408 e. The number of carbonyl (C=O) groups excluding carboxylic acids is 3. The Hall–Kier alpha value is -1.85. The molecule has 6 nitrogen and oxygen atoms in total. The molecule has 3 aliphatic rings. The van der Waals surface area contributed by atoms with Gasteiger partial charge in [0.2, 0.25) is 11.8 Å². The highest BCUT2D eigenvalue weighted by atomic mass is 16.5. The van der Waals surface area contributed by atoms with Crippen LogP contribution in [0.1, 0.15) is 20.3 Å². The van der Waals surface area contributed by atoms with Crippen molar-refractivity contribution in [1.29, 1.82) is 0 Å². The van der Waals surface area contributed by atoms with E-state index in [-0.39, 0.29) is 42.1 Å². The Morgan fingerprint density at radius 3 is 2.40 bits per heavy atom. The fourth-order valence-corrected chi connectivity index (χ4v) is 3.71. The molecule has 5 unspecified atom stereocenters. The SMILES string of the molecule is CCOC(=O)NC(C)N1C(=O)C2C3C=CC(C3)C2C1=O.